The van der Waals surface area contributed by atoms with Crippen molar-refractivity contribution in [3.05, 3.63) is 12.3 Å². The van der Waals surface area contributed by atoms with E-state index < -0.39 is 146 Å². The monoisotopic (exact) mass is 748 g/mol. The van der Waals surface area contributed by atoms with Crippen LogP contribution in [-0.4, -0.2) is 216 Å². The molecule has 51 heavy (non-hydrogen) atoms. The summed E-state index contributed by atoms with van der Waals surface area (Å²) < 4.78 is 46.8. The third-order valence-corrected chi connectivity index (χ3v) is 8.61. The van der Waals surface area contributed by atoms with E-state index in [2.05, 4.69) is 6.58 Å². The van der Waals surface area contributed by atoms with Gasteiger partial charge in [0.1, 0.15) is 85.1 Å². The molecule has 0 bridgehead atoms. The maximum Gasteiger partial charge on any atom is 0.335 e. The number of aliphatic hydroxyl groups excluding tert-OH is 9. The Morgan fingerprint density at radius 3 is 1.02 bits per heavy atom. The van der Waals surface area contributed by atoms with Crippen LogP contribution in [0.3, 0.4) is 0 Å². The summed E-state index contributed by atoms with van der Waals surface area (Å²) in [5.74, 6) is -6.20. The first-order valence-electron chi connectivity index (χ1n) is 15.0. The second-order valence-electron chi connectivity index (χ2n) is 11.9. The van der Waals surface area contributed by atoms with Crippen LogP contribution in [0.15, 0.2) is 12.3 Å². The zero-order valence-electron chi connectivity index (χ0n) is 26.5. The predicted molar refractivity (Wildman–Crippen MR) is 150 cm³/mol. The number of hydrogen-bond donors (Lipinski definition) is 12. The second-order valence-corrected chi connectivity index (χ2v) is 11.9. The Bertz CT molecular complexity index is 1250. The van der Waals surface area contributed by atoms with Crippen molar-refractivity contribution in [2.45, 2.75) is 123 Å². The van der Waals surface area contributed by atoms with Crippen molar-refractivity contribution < 1.29 is 118 Å². The maximum absolute atomic E-state index is 12.2. The van der Waals surface area contributed by atoms with Crippen LogP contribution in [0.25, 0.3) is 0 Å². The lowest BCUT2D eigenvalue weighted by Crippen LogP contribution is -2.68. The van der Waals surface area contributed by atoms with E-state index in [1.807, 2.05) is 0 Å². The number of hydrogen-bond acceptors (Lipinski definition) is 21. The van der Waals surface area contributed by atoms with Crippen LogP contribution in [0, 0.1) is 0 Å². The Balaban J connectivity index is 1.51. The molecule has 0 aromatic carbocycles. The highest BCUT2D eigenvalue weighted by molar-refractivity contribution is 5.74. The van der Waals surface area contributed by atoms with Gasteiger partial charge in [0.15, 0.2) is 43.5 Å². The molecule has 24 heteroatoms. The Kier molecular flexibility index (Phi) is 13.3. The van der Waals surface area contributed by atoms with Gasteiger partial charge in [-0.25, -0.2) is 14.4 Å². The topological polar surface area (TPSA) is 377 Å². The van der Waals surface area contributed by atoms with Gasteiger partial charge in [-0.3, -0.25) is 0 Å². The summed E-state index contributed by atoms with van der Waals surface area (Å²) in [4.78, 5) is 35.7. The fourth-order valence-electron chi connectivity index (χ4n) is 5.93. The predicted octanol–water partition coefficient (Wildman–Crippen LogP) is -7.08. The molecule has 0 aliphatic carbocycles. The summed E-state index contributed by atoms with van der Waals surface area (Å²) in [6, 6.07) is 0. The third kappa shape index (κ3) is 8.11. The van der Waals surface area contributed by atoms with E-state index >= 15 is 0 Å². The molecule has 4 fully saturated rings. The fraction of sp³-hybridized carbons (Fsp3) is 0.815. The van der Waals surface area contributed by atoms with E-state index in [9.17, 15) is 75.7 Å². The molecular formula is C27H40O24. The summed E-state index contributed by atoms with van der Waals surface area (Å²) in [5, 5.41) is 124. The van der Waals surface area contributed by atoms with Gasteiger partial charge < -0.3 is 104 Å². The molecule has 0 aromatic heterocycles. The molecular weight excluding hydrogens is 708 g/mol. The maximum atomic E-state index is 12.2. The van der Waals surface area contributed by atoms with Crippen molar-refractivity contribution in [2.24, 2.45) is 0 Å². The molecule has 12 N–H and O–H groups in total. The van der Waals surface area contributed by atoms with E-state index in [-0.39, 0.29) is 0 Å². The van der Waals surface area contributed by atoms with Crippen LogP contribution in [-0.2, 0) is 57.0 Å². The molecule has 4 saturated heterocycles. The number of rotatable bonds is 12. The molecule has 4 aliphatic heterocycles. The quantitative estimate of drug-likeness (QED) is 0.0825. The summed E-state index contributed by atoms with van der Waals surface area (Å²) in [5.41, 5.74) is 0. The Morgan fingerprint density at radius 2 is 0.706 bits per heavy atom. The van der Waals surface area contributed by atoms with Gasteiger partial charge >= 0.3 is 17.9 Å². The Morgan fingerprint density at radius 1 is 0.431 bits per heavy atom. The molecule has 0 radical (unpaired) electrons. The van der Waals surface area contributed by atoms with Gasteiger partial charge in [-0.1, -0.05) is 6.58 Å². The summed E-state index contributed by atoms with van der Waals surface area (Å²) in [6.07, 6.45) is -41.1. The molecule has 0 spiro atoms. The molecule has 0 aromatic rings. The van der Waals surface area contributed by atoms with Crippen LogP contribution < -0.4 is 0 Å². The molecule has 0 saturated carbocycles. The average Bonchev–Trinajstić information content (AvgIpc) is 3.07. The van der Waals surface area contributed by atoms with Gasteiger partial charge in [0.25, 0.3) is 0 Å². The van der Waals surface area contributed by atoms with Gasteiger partial charge in [-0.2, -0.15) is 0 Å². The number of ether oxygens (including phenoxy) is 9. The van der Waals surface area contributed by atoms with Crippen molar-refractivity contribution in [3.63, 3.8) is 0 Å². The van der Waals surface area contributed by atoms with Crippen molar-refractivity contribution >= 4 is 17.9 Å². The number of carbonyl (C=O) groups is 3. The molecule has 20 atom stereocenters. The molecule has 4 rings (SSSR count). The highest BCUT2D eigenvalue weighted by Crippen LogP contribution is 2.35. The van der Waals surface area contributed by atoms with Gasteiger partial charge in [0.05, 0.1) is 0 Å². The normalized spacial score (nSPS) is 47.7. The number of aliphatic hydroxyl groups is 9. The lowest BCUT2D eigenvalue weighted by molar-refractivity contribution is -0.379. The smallest absolute Gasteiger partial charge is 0.335 e. The molecule has 4 aliphatic rings. The lowest BCUT2D eigenvalue weighted by Gasteiger charge is -2.48. The first kappa shape index (κ1) is 41.0. The highest BCUT2D eigenvalue weighted by atomic mass is 16.8. The first-order valence-corrected chi connectivity index (χ1v) is 15.0. The molecule has 0 amide bonds. The van der Waals surface area contributed by atoms with E-state index in [0.717, 1.165) is 14.2 Å². The third-order valence-electron chi connectivity index (χ3n) is 8.61. The number of carboxylic acid groups (broad SMARTS) is 3. The van der Waals surface area contributed by atoms with Crippen molar-refractivity contribution in [3.8, 4) is 0 Å². The van der Waals surface area contributed by atoms with Crippen LogP contribution in [0.4, 0.5) is 0 Å². The Labute approximate surface area is 286 Å². The van der Waals surface area contributed by atoms with Crippen LogP contribution in [0.1, 0.15) is 0 Å². The summed E-state index contributed by atoms with van der Waals surface area (Å²) in [6.45, 7) is 3.25. The van der Waals surface area contributed by atoms with E-state index in [4.69, 9.17) is 42.6 Å². The van der Waals surface area contributed by atoms with Crippen molar-refractivity contribution in [2.75, 3.05) is 14.2 Å². The van der Waals surface area contributed by atoms with Crippen molar-refractivity contribution in [1.29, 1.82) is 0 Å². The second kappa shape index (κ2) is 16.5. The van der Waals surface area contributed by atoms with E-state index in [0.29, 0.717) is 0 Å². The van der Waals surface area contributed by atoms with Crippen LogP contribution in [0.5, 0.6) is 0 Å². The van der Waals surface area contributed by atoms with E-state index in [1.165, 1.54) is 0 Å². The van der Waals surface area contributed by atoms with Gasteiger partial charge in [-0.15, -0.1) is 0 Å². The van der Waals surface area contributed by atoms with Gasteiger partial charge in [0.2, 0.25) is 0 Å². The highest BCUT2D eigenvalue weighted by Gasteiger charge is 2.58. The minimum Gasteiger partial charge on any atom is -0.510 e. The number of carboxylic acids is 3. The Hall–Kier alpha value is -2.73. The van der Waals surface area contributed by atoms with Gasteiger partial charge in [0, 0.05) is 14.2 Å². The molecule has 4 heterocycles. The average molecular weight is 749 g/mol. The largest absolute Gasteiger partial charge is 0.510 e. The summed E-state index contributed by atoms with van der Waals surface area (Å²) >= 11 is 0. The first-order chi connectivity index (χ1) is 23.9. The lowest BCUT2D eigenvalue weighted by atomic mass is 9.95. The minimum atomic E-state index is -2.32. The molecule has 9 unspecified atom stereocenters. The number of aliphatic carboxylic acids is 3. The standard InChI is InChI=1S/C27H40O24/c1-4(28)13-15(7(31)11(35)25(45-13)47-16-6(30)9(33)24(44-3)49-19(16)22(39)40)46-27-12(36)8(32)17(20(51-27)23(41)42)48-26-10(34)5(29)14(43-2)18(50-26)21(37)38/h5-20,24-36H,1H2,2-3H3,(H,37,38)(H,39,40)(H,41,42)/t5-,6?,7+,8?,9?,10?,11?,12?,13?,14-,15-,16-,17-,18?,19+,20?,24+,25-,26+,27+/m0/s1. The molecule has 292 valence electrons. The van der Waals surface area contributed by atoms with Crippen molar-refractivity contribution in [1.82, 2.24) is 0 Å². The van der Waals surface area contributed by atoms with Gasteiger partial charge in [-0.05, 0) is 0 Å². The molecule has 24 nitrogen and oxygen atoms in total. The zero-order valence-corrected chi connectivity index (χ0v) is 26.5. The zero-order chi connectivity index (χ0) is 38.2. The van der Waals surface area contributed by atoms with Crippen LogP contribution >= 0.6 is 0 Å². The fourth-order valence-corrected chi connectivity index (χ4v) is 5.93. The number of methoxy groups -OCH3 is 2. The van der Waals surface area contributed by atoms with Crippen LogP contribution in [0.2, 0.25) is 0 Å². The van der Waals surface area contributed by atoms with E-state index in [1.54, 1.807) is 0 Å². The summed E-state index contributed by atoms with van der Waals surface area (Å²) in [7, 11) is 2.07. The SMILES string of the molecule is C=C(O)C1O[C@@H](O[C@H]2C(O)C(O)[C@H](OC)O[C@H]2C(=O)O)C(O)[C@@H](O)[C@@H]1O[C@@H]1OC(C(=O)O)[C@@H](O[C@@H]2OC(C(=O)O)[C@@H](OC)[C@@H](O)C2O)C(O)C1O. The minimum absolute atomic E-state index is 0.944.